The third-order valence-electron chi connectivity index (χ3n) is 4.24. The minimum atomic E-state index is -3.22. The maximum Gasteiger partial charge on any atom is 0.379 e. The Labute approximate surface area is 150 Å². The number of H-pyrrole nitrogens is 1. The van der Waals surface area contributed by atoms with Crippen LogP contribution >= 0.6 is 7.60 Å². The molecule has 9 heteroatoms. The fourth-order valence-electron chi connectivity index (χ4n) is 2.71. The van der Waals surface area contributed by atoms with E-state index in [9.17, 15) is 14.2 Å². The molecule has 0 fully saturated rings. The van der Waals surface area contributed by atoms with Crippen molar-refractivity contribution in [3.8, 4) is 5.75 Å². The number of aryl methyl sites for hydroxylation is 2. The van der Waals surface area contributed by atoms with E-state index in [0.717, 1.165) is 5.56 Å². The summed E-state index contributed by atoms with van der Waals surface area (Å²) in [4.78, 5) is 25.0. The van der Waals surface area contributed by atoms with E-state index < -0.39 is 18.8 Å². The molecule has 3 rings (SSSR count). The smallest absolute Gasteiger partial charge is 0.379 e. The predicted molar refractivity (Wildman–Crippen MR) is 95.9 cm³/mol. The number of fused-ring (bicyclic) bond motifs is 1. The molecule has 0 radical (unpaired) electrons. The second-order valence-corrected chi connectivity index (χ2v) is 8.14. The van der Waals surface area contributed by atoms with Gasteiger partial charge in [0.25, 0.3) is 5.56 Å². The molecule has 1 aromatic heterocycles. The number of ether oxygens (including phenoxy) is 1. The minimum Gasteiger partial charge on any atom is -0.424 e. The van der Waals surface area contributed by atoms with Gasteiger partial charge in [0.2, 0.25) is 0 Å². The number of aromatic amines is 1. The predicted octanol–water partition coefficient (Wildman–Crippen LogP) is 1.79. The SMILES string of the molecule is COC(CCn1ccc(=O)[nH]c1=O)COP1(=O)CCc2ccccc2O1. The molecule has 0 amide bonds. The lowest BCUT2D eigenvalue weighted by Gasteiger charge is -2.27. The molecule has 26 heavy (non-hydrogen) atoms. The normalized spacial score (nSPS) is 20.2. The average molecular weight is 380 g/mol. The van der Waals surface area contributed by atoms with Gasteiger partial charge in [-0.15, -0.1) is 0 Å². The lowest BCUT2D eigenvalue weighted by molar-refractivity contribution is 0.0452. The quantitative estimate of drug-likeness (QED) is 0.735. The lowest BCUT2D eigenvalue weighted by atomic mass is 10.1. The summed E-state index contributed by atoms with van der Waals surface area (Å²) in [6, 6.07) is 8.75. The topological polar surface area (TPSA) is 99.6 Å². The number of methoxy groups -OCH3 is 1. The molecule has 1 N–H and O–H groups in total. The summed E-state index contributed by atoms with van der Waals surface area (Å²) in [6.07, 6.45) is 2.48. The van der Waals surface area contributed by atoms with Crippen molar-refractivity contribution in [3.05, 3.63) is 62.9 Å². The Morgan fingerprint density at radius 3 is 2.88 bits per heavy atom. The Hall–Kier alpha value is -2.15. The molecule has 0 spiro atoms. The maximum atomic E-state index is 12.8. The first kappa shape index (κ1) is 18.6. The molecule has 0 saturated heterocycles. The van der Waals surface area contributed by atoms with Crippen LogP contribution in [0, 0.1) is 0 Å². The first-order valence-corrected chi connectivity index (χ1v) is 10.1. The van der Waals surface area contributed by atoms with Gasteiger partial charge in [0.15, 0.2) is 0 Å². The molecule has 8 nitrogen and oxygen atoms in total. The standard InChI is InChI=1S/C17H21N2O6P/c1-23-14(6-9-19-10-7-16(20)18-17(19)21)12-24-26(22)11-8-13-4-2-3-5-15(13)25-26/h2-5,7,10,14H,6,8-9,11-12H2,1H3,(H,18,20,21). The van der Waals surface area contributed by atoms with E-state index >= 15 is 0 Å². The molecule has 1 aliphatic heterocycles. The highest BCUT2D eigenvalue weighted by atomic mass is 31.2. The molecule has 2 unspecified atom stereocenters. The molecule has 0 bridgehead atoms. The Bertz CT molecular complexity index is 922. The summed E-state index contributed by atoms with van der Waals surface area (Å²) in [5.74, 6) is 0.593. The second kappa shape index (κ2) is 8.03. The highest BCUT2D eigenvalue weighted by molar-refractivity contribution is 7.54. The van der Waals surface area contributed by atoms with Crippen molar-refractivity contribution >= 4 is 7.60 Å². The summed E-state index contributed by atoms with van der Waals surface area (Å²) in [5, 5.41) is 0. The van der Waals surface area contributed by atoms with Crippen molar-refractivity contribution in [2.75, 3.05) is 19.9 Å². The zero-order chi connectivity index (χ0) is 18.6. The van der Waals surface area contributed by atoms with Crippen LogP contribution in [0.3, 0.4) is 0 Å². The van der Waals surface area contributed by atoms with Gasteiger partial charge in [-0.2, -0.15) is 0 Å². The van der Waals surface area contributed by atoms with Crippen LogP contribution < -0.4 is 15.8 Å². The number of nitrogens with zero attached hydrogens (tertiary/aromatic N) is 1. The van der Waals surface area contributed by atoms with E-state index in [-0.39, 0.29) is 12.7 Å². The number of hydrogen-bond acceptors (Lipinski definition) is 6. The second-order valence-electron chi connectivity index (χ2n) is 6.03. The third kappa shape index (κ3) is 4.52. The van der Waals surface area contributed by atoms with E-state index in [0.29, 0.717) is 31.3 Å². The zero-order valence-corrected chi connectivity index (χ0v) is 15.3. The largest absolute Gasteiger partial charge is 0.424 e. The fourth-order valence-corrected chi connectivity index (χ4v) is 4.37. The van der Waals surface area contributed by atoms with Gasteiger partial charge in [0.1, 0.15) is 5.75 Å². The Morgan fingerprint density at radius 2 is 2.12 bits per heavy atom. The Kier molecular flexibility index (Phi) is 5.76. The maximum absolute atomic E-state index is 12.8. The number of aromatic nitrogens is 2. The summed E-state index contributed by atoms with van der Waals surface area (Å²) in [5.41, 5.74) is 0.0994. The van der Waals surface area contributed by atoms with Gasteiger partial charge in [0, 0.05) is 25.9 Å². The molecule has 2 aromatic rings. The van der Waals surface area contributed by atoms with Gasteiger partial charge in [-0.3, -0.25) is 14.3 Å². The van der Waals surface area contributed by atoms with E-state index in [1.165, 1.54) is 23.9 Å². The molecule has 0 saturated carbocycles. The van der Waals surface area contributed by atoms with Crippen molar-refractivity contribution < 1.29 is 18.3 Å². The Balaban J connectivity index is 1.56. The molecule has 0 aliphatic carbocycles. The van der Waals surface area contributed by atoms with Gasteiger partial charge in [0.05, 0.1) is 18.9 Å². The van der Waals surface area contributed by atoms with E-state index in [2.05, 4.69) is 4.98 Å². The summed E-state index contributed by atoms with van der Waals surface area (Å²) < 4.78 is 30.7. The number of rotatable bonds is 7. The fraction of sp³-hybridized carbons (Fsp3) is 0.412. The van der Waals surface area contributed by atoms with Crippen LogP contribution in [-0.4, -0.2) is 35.5 Å². The van der Waals surface area contributed by atoms with Gasteiger partial charge in [-0.1, -0.05) is 18.2 Å². The number of nitrogens with one attached hydrogen (secondary N) is 1. The minimum absolute atomic E-state index is 0.0913. The van der Waals surface area contributed by atoms with E-state index in [4.69, 9.17) is 13.8 Å². The number of benzene rings is 1. The first-order valence-electron chi connectivity index (χ1n) is 8.33. The Morgan fingerprint density at radius 1 is 1.31 bits per heavy atom. The van der Waals surface area contributed by atoms with Crippen LogP contribution in [0.25, 0.3) is 0 Å². The van der Waals surface area contributed by atoms with Crippen molar-refractivity contribution in [1.29, 1.82) is 0 Å². The van der Waals surface area contributed by atoms with Crippen LogP contribution in [0.15, 0.2) is 46.1 Å². The monoisotopic (exact) mass is 380 g/mol. The van der Waals surface area contributed by atoms with Crippen LogP contribution in [0.1, 0.15) is 12.0 Å². The summed E-state index contributed by atoms with van der Waals surface area (Å²) in [6.45, 7) is 0.430. The highest BCUT2D eigenvalue weighted by Crippen LogP contribution is 2.53. The van der Waals surface area contributed by atoms with Gasteiger partial charge in [-0.25, -0.2) is 9.36 Å². The molecule has 140 valence electrons. The van der Waals surface area contributed by atoms with Crippen molar-refractivity contribution in [2.45, 2.75) is 25.5 Å². The van der Waals surface area contributed by atoms with Gasteiger partial charge in [-0.05, 0) is 24.5 Å². The first-order chi connectivity index (χ1) is 12.5. The summed E-state index contributed by atoms with van der Waals surface area (Å²) >= 11 is 0. The zero-order valence-electron chi connectivity index (χ0n) is 14.4. The average Bonchev–Trinajstić information content (AvgIpc) is 2.63. The van der Waals surface area contributed by atoms with E-state index in [1.54, 1.807) is 6.07 Å². The molecule has 2 atom stereocenters. The number of para-hydroxylation sites is 1. The number of hydrogen-bond donors (Lipinski definition) is 1. The lowest BCUT2D eigenvalue weighted by Crippen LogP contribution is -2.30. The van der Waals surface area contributed by atoms with Crippen LogP contribution in [0.2, 0.25) is 0 Å². The molecule has 2 heterocycles. The third-order valence-corrected chi connectivity index (χ3v) is 6.03. The summed E-state index contributed by atoms with van der Waals surface area (Å²) in [7, 11) is -1.70. The van der Waals surface area contributed by atoms with Gasteiger partial charge < -0.3 is 13.8 Å². The van der Waals surface area contributed by atoms with E-state index in [1.807, 2.05) is 18.2 Å². The van der Waals surface area contributed by atoms with Gasteiger partial charge >= 0.3 is 13.3 Å². The van der Waals surface area contributed by atoms with Crippen molar-refractivity contribution in [1.82, 2.24) is 9.55 Å². The molecule has 1 aliphatic rings. The van der Waals surface area contributed by atoms with Crippen LogP contribution in [-0.2, 0) is 26.8 Å². The van der Waals surface area contributed by atoms with Crippen molar-refractivity contribution in [2.24, 2.45) is 0 Å². The molecular formula is C17H21N2O6P. The molecular weight excluding hydrogens is 359 g/mol. The van der Waals surface area contributed by atoms with Crippen LogP contribution in [0.4, 0.5) is 0 Å². The van der Waals surface area contributed by atoms with Crippen molar-refractivity contribution in [3.63, 3.8) is 0 Å². The van der Waals surface area contributed by atoms with Crippen LogP contribution in [0.5, 0.6) is 5.75 Å². The highest BCUT2D eigenvalue weighted by Gasteiger charge is 2.32. The molecule has 1 aromatic carbocycles.